The molecule has 0 amide bonds. The summed E-state index contributed by atoms with van der Waals surface area (Å²) in [6.45, 7) is 0. The molecule has 24 heavy (non-hydrogen) atoms. The second kappa shape index (κ2) is 7.22. The maximum absolute atomic E-state index is 11.4. The molecule has 0 radical (unpaired) electrons. The van der Waals surface area contributed by atoms with E-state index in [1.54, 1.807) is 25.5 Å². The van der Waals surface area contributed by atoms with Crippen molar-refractivity contribution < 1.29 is 18.7 Å². The lowest BCUT2D eigenvalue weighted by atomic mass is 10.3. The van der Waals surface area contributed by atoms with Gasteiger partial charge in [-0.25, -0.2) is 0 Å². The summed E-state index contributed by atoms with van der Waals surface area (Å²) in [7, 11) is 2.95. The Balaban J connectivity index is 2.05. The van der Waals surface area contributed by atoms with Gasteiger partial charge in [0.15, 0.2) is 10.9 Å². The highest BCUT2D eigenvalue weighted by Crippen LogP contribution is 2.29. The van der Waals surface area contributed by atoms with Crippen molar-refractivity contribution in [3.05, 3.63) is 42.7 Å². The van der Waals surface area contributed by atoms with Crippen molar-refractivity contribution in [3.8, 4) is 23.0 Å². The fraction of sp³-hybridized carbons (Fsp3) is 0.188. The molecule has 0 saturated carbocycles. The molecule has 0 N–H and O–H groups in total. The standard InChI is InChI=1S/C16H15N3O4S/c1-21-12-6-3-5-11(9-12)19-15(13-7-4-8-23-13)17-18-16(19)24-10-14(20)22-2/h3-9H,10H2,1-2H3. The fourth-order valence-electron chi connectivity index (χ4n) is 2.09. The molecule has 8 heteroatoms. The zero-order chi connectivity index (χ0) is 16.9. The van der Waals surface area contributed by atoms with Crippen molar-refractivity contribution in [3.63, 3.8) is 0 Å². The van der Waals surface area contributed by atoms with Crippen molar-refractivity contribution >= 4 is 17.7 Å². The summed E-state index contributed by atoms with van der Waals surface area (Å²) >= 11 is 1.24. The summed E-state index contributed by atoms with van der Waals surface area (Å²) in [5.41, 5.74) is 0.804. The molecular formula is C16H15N3O4S. The van der Waals surface area contributed by atoms with E-state index in [4.69, 9.17) is 9.15 Å². The number of hydrogen-bond donors (Lipinski definition) is 0. The van der Waals surface area contributed by atoms with Crippen LogP contribution in [0, 0.1) is 0 Å². The van der Waals surface area contributed by atoms with Crippen molar-refractivity contribution in [2.75, 3.05) is 20.0 Å². The van der Waals surface area contributed by atoms with Crippen LogP contribution in [0.2, 0.25) is 0 Å². The molecule has 124 valence electrons. The van der Waals surface area contributed by atoms with Gasteiger partial charge in [0.2, 0.25) is 5.82 Å². The zero-order valence-corrected chi connectivity index (χ0v) is 13.9. The normalized spacial score (nSPS) is 10.6. The van der Waals surface area contributed by atoms with E-state index < -0.39 is 0 Å². The van der Waals surface area contributed by atoms with Gasteiger partial charge in [0.1, 0.15) is 5.75 Å². The SMILES string of the molecule is COC(=O)CSc1nnc(-c2ccco2)n1-c1cccc(OC)c1. The number of methoxy groups -OCH3 is 2. The summed E-state index contributed by atoms with van der Waals surface area (Å²) in [6, 6.07) is 11.1. The van der Waals surface area contributed by atoms with Crippen molar-refractivity contribution in [2.24, 2.45) is 0 Å². The minimum Gasteiger partial charge on any atom is -0.497 e. The Morgan fingerprint density at radius 1 is 1.25 bits per heavy atom. The first-order chi connectivity index (χ1) is 11.7. The number of carbonyl (C=O) groups is 1. The predicted octanol–water partition coefficient (Wildman–Crippen LogP) is 2.80. The molecule has 0 atom stereocenters. The number of furan rings is 1. The van der Waals surface area contributed by atoms with Crippen LogP contribution in [0.4, 0.5) is 0 Å². The lowest BCUT2D eigenvalue weighted by Crippen LogP contribution is -2.05. The second-order valence-corrected chi connectivity index (χ2v) is 5.63. The molecular weight excluding hydrogens is 330 g/mol. The molecule has 0 fully saturated rings. The maximum atomic E-state index is 11.4. The van der Waals surface area contributed by atoms with Gasteiger partial charge in [0.25, 0.3) is 0 Å². The van der Waals surface area contributed by atoms with Crippen LogP contribution in [0.25, 0.3) is 17.3 Å². The van der Waals surface area contributed by atoms with E-state index in [1.807, 2.05) is 28.8 Å². The lowest BCUT2D eigenvalue weighted by Gasteiger charge is -2.10. The number of esters is 1. The van der Waals surface area contributed by atoms with Crippen molar-refractivity contribution in [1.29, 1.82) is 0 Å². The molecule has 0 unspecified atom stereocenters. The minimum atomic E-state index is -0.334. The van der Waals surface area contributed by atoms with Gasteiger partial charge in [0.05, 0.1) is 31.9 Å². The van der Waals surface area contributed by atoms with Gasteiger partial charge in [-0.15, -0.1) is 10.2 Å². The summed E-state index contributed by atoms with van der Waals surface area (Å²) in [6.07, 6.45) is 1.57. The topological polar surface area (TPSA) is 79.4 Å². The summed E-state index contributed by atoms with van der Waals surface area (Å²) in [4.78, 5) is 11.4. The third-order valence-electron chi connectivity index (χ3n) is 3.23. The molecule has 2 aromatic heterocycles. The average molecular weight is 345 g/mol. The number of hydrogen-bond acceptors (Lipinski definition) is 7. The molecule has 0 spiro atoms. The largest absolute Gasteiger partial charge is 0.497 e. The Morgan fingerprint density at radius 3 is 2.83 bits per heavy atom. The number of aromatic nitrogens is 3. The maximum Gasteiger partial charge on any atom is 0.316 e. The van der Waals surface area contributed by atoms with Crippen LogP contribution < -0.4 is 4.74 Å². The van der Waals surface area contributed by atoms with Gasteiger partial charge in [0, 0.05) is 6.07 Å². The Morgan fingerprint density at radius 2 is 2.12 bits per heavy atom. The van der Waals surface area contributed by atoms with Crippen LogP contribution in [-0.2, 0) is 9.53 Å². The highest BCUT2D eigenvalue weighted by Gasteiger charge is 2.19. The number of ether oxygens (including phenoxy) is 2. The van der Waals surface area contributed by atoms with E-state index in [1.165, 1.54) is 18.9 Å². The van der Waals surface area contributed by atoms with Gasteiger partial charge >= 0.3 is 5.97 Å². The van der Waals surface area contributed by atoms with E-state index in [2.05, 4.69) is 14.9 Å². The third-order valence-corrected chi connectivity index (χ3v) is 4.14. The quantitative estimate of drug-likeness (QED) is 0.502. The molecule has 3 rings (SSSR count). The van der Waals surface area contributed by atoms with Crippen LogP contribution in [0.5, 0.6) is 5.75 Å². The summed E-state index contributed by atoms with van der Waals surface area (Å²) < 4.78 is 17.2. The van der Waals surface area contributed by atoms with Crippen molar-refractivity contribution in [1.82, 2.24) is 14.8 Å². The molecule has 0 aliphatic carbocycles. The number of carbonyl (C=O) groups excluding carboxylic acids is 1. The molecule has 1 aromatic carbocycles. The number of thioether (sulfide) groups is 1. The minimum absolute atomic E-state index is 0.136. The Hall–Kier alpha value is -2.74. The molecule has 0 saturated heterocycles. The molecule has 3 aromatic rings. The van der Waals surface area contributed by atoms with E-state index in [0.717, 1.165) is 5.69 Å². The van der Waals surface area contributed by atoms with Gasteiger partial charge in [-0.05, 0) is 24.3 Å². The van der Waals surface area contributed by atoms with E-state index in [0.29, 0.717) is 22.5 Å². The van der Waals surface area contributed by atoms with Gasteiger partial charge in [-0.3, -0.25) is 9.36 Å². The van der Waals surface area contributed by atoms with Gasteiger partial charge in [-0.1, -0.05) is 17.8 Å². The Bertz CT molecular complexity index is 830. The molecule has 7 nitrogen and oxygen atoms in total. The first-order valence-corrected chi connectivity index (χ1v) is 8.05. The molecule has 0 bridgehead atoms. The second-order valence-electron chi connectivity index (χ2n) is 4.69. The van der Waals surface area contributed by atoms with Crippen LogP contribution in [-0.4, -0.2) is 40.7 Å². The Kier molecular flexibility index (Phi) is 4.85. The van der Waals surface area contributed by atoms with Crippen LogP contribution in [0.3, 0.4) is 0 Å². The highest BCUT2D eigenvalue weighted by atomic mass is 32.2. The number of rotatable bonds is 6. The van der Waals surface area contributed by atoms with Gasteiger partial charge in [-0.2, -0.15) is 0 Å². The van der Waals surface area contributed by atoms with E-state index in [-0.39, 0.29) is 11.7 Å². The average Bonchev–Trinajstić information content (AvgIpc) is 3.28. The van der Waals surface area contributed by atoms with Gasteiger partial charge < -0.3 is 13.9 Å². The molecule has 0 aliphatic rings. The molecule has 0 aliphatic heterocycles. The number of nitrogens with zero attached hydrogens (tertiary/aromatic N) is 3. The van der Waals surface area contributed by atoms with Crippen LogP contribution >= 0.6 is 11.8 Å². The lowest BCUT2D eigenvalue weighted by molar-refractivity contribution is -0.137. The zero-order valence-electron chi connectivity index (χ0n) is 13.1. The van der Waals surface area contributed by atoms with Crippen molar-refractivity contribution in [2.45, 2.75) is 5.16 Å². The van der Waals surface area contributed by atoms with Crippen LogP contribution in [0.15, 0.2) is 52.2 Å². The summed E-state index contributed by atoms with van der Waals surface area (Å²) in [5, 5.41) is 8.93. The third kappa shape index (κ3) is 3.28. The van der Waals surface area contributed by atoms with Crippen LogP contribution in [0.1, 0.15) is 0 Å². The molecule has 2 heterocycles. The van der Waals surface area contributed by atoms with E-state index in [9.17, 15) is 4.79 Å². The smallest absolute Gasteiger partial charge is 0.316 e. The first-order valence-electron chi connectivity index (χ1n) is 7.06. The summed E-state index contributed by atoms with van der Waals surface area (Å²) in [5.74, 6) is 1.63. The highest BCUT2D eigenvalue weighted by molar-refractivity contribution is 7.99. The number of benzene rings is 1. The van der Waals surface area contributed by atoms with E-state index >= 15 is 0 Å². The fourth-order valence-corrected chi connectivity index (χ4v) is 2.88. The monoisotopic (exact) mass is 345 g/mol. The Labute approximate surface area is 142 Å². The first kappa shape index (κ1) is 16.1. The predicted molar refractivity (Wildman–Crippen MR) is 88.4 cm³/mol.